The molecule has 0 unspecified atom stereocenters. The minimum Gasteiger partial charge on any atom is -0.493 e. The summed E-state index contributed by atoms with van der Waals surface area (Å²) in [4.78, 5) is 36.8. The quantitative estimate of drug-likeness (QED) is 0.446. The van der Waals surface area contributed by atoms with Gasteiger partial charge in [0.25, 0.3) is 11.1 Å². The summed E-state index contributed by atoms with van der Waals surface area (Å²) in [5.41, 5.74) is 0.827. The van der Waals surface area contributed by atoms with Gasteiger partial charge in [-0.25, -0.2) is 4.39 Å². The average Bonchev–Trinajstić information content (AvgIpc) is 3.00. The molecule has 1 fully saturated rings. The second kappa shape index (κ2) is 9.84. The highest BCUT2D eigenvalue weighted by Gasteiger charge is 2.36. The van der Waals surface area contributed by atoms with Crippen molar-refractivity contribution >= 4 is 46.6 Å². The lowest BCUT2D eigenvalue weighted by Gasteiger charge is -2.14. The maximum Gasteiger partial charge on any atom is 0.325 e. The van der Waals surface area contributed by atoms with Gasteiger partial charge in [-0.2, -0.15) is 0 Å². The highest BCUT2D eigenvalue weighted by Crippen LogP contribution is 2.39. The van der Waals surface area contributed by atoms with E-state index in [1.54, 1.807) is 24.3 Å². The Labute approximate surface area is 186 Å². The number of nitrogens with zero attached hydrogens (tertiary/aromatic N) is 1. The van der Waals surface area contributed by atoms with E-state index in [0.29, 0.717) is 22.9 Å². The van der Waals surface area contributed by atoms with Crippen LogP contribution in [0.25, 0.3) is 6.08 Å². The minimum atomic E-state index is -0.704. The number of carbonyl (C=O) groups is 3. The van der Waals surface area contributed by atoms with Crippen molar-refractivity contribution in [3.63, 3.8) is 0 Å². The number of benzene rings is 2. The molecule has 2 aromatic carbocycles. The Kier molecular flexibility index (Phi) is 7.19. The van der Waals surface area contributed by atoms with E-state index < -0.39 is 29.5 Å². The van der Waals surface area contributed by atoms with Gasteiger partial charge in [0.05, 0.1) is 24.1 Å². The predicted octanol–water partition coefficient (Wildman–Crippen LogP) is 4.28. The highest BCUT2D eigenvalue weighted by atomic mass is 35.5. The zero-order chi connectivity index (χ0) is 22.5. The van der Waals surface area contributed by atoms with Crippen LogP contribution in [-0.4, -0.2) is 42.8 Å². The number of ether oxygens (including phenoxy) is 3. The van der Waals surface area contributed by atoms with Gasteiger partial charge in [0, 0.05) is 5.56 Å². The van der Waals surface area contributed by atoms with Crippen LogP contribution in [0, 0.1) is 5.82 Å². The van der Waals surface area contributed by atoms with E-state index >= 15 is 0 Å². The van der Waals surface area contributed by atoms with Crippen molar-refractivity contribution in [2.24, 2.45) is 0 Å². The Morgan fingerprint density at radius 2 is 1.97 bits per heavy atom. The first-order valence-electron chi connectivity index (χ1n) is 8.90. The van der Waals surface area contributed by atoms with Crippen LogP contribution < -0.4 is 9.47 Å². The van der Waals surface area contributed by atoms with Crippen LogP contribution in [0.4, 0.5) is 9.18 Å². The summed E-state index contributed by atoms with van der Waals surface area (Å²) in [6.07, 6.45) is 1.46. The molecule has 31 heavy (non-hydrogen) atoms. The average molecular weight is 466 g/mol. The molecule has 0 spiro atoms. The lowest BCUT2D eigenvalue weighted by molar-refractivity contribution is -0.143. The second-order valence-corrected chi connectivity index (χ2v) is 7.66. The van der Waals surface area contributed by atoms with Crippen LogP contribution in [0.1, 0.15) is 11.1 Å². The van der Waals surface area contributed by atoms with Gasteiger partial charge in [-0.15, -0.1) is 0 Å². The molecule has 0 aromatic heterocycles. The standard InChI is InChI=1S/C21H17ClFNO6S/c1-28-16-8-12(9-17-20(26)24(21(27)31-17)10-18(25)29-2)7-14(22)19(16)30-11-13-5-3-4-6-15(13)23/h3-9H,10-11H2,1-2H3/b17-9+. The summed E-state index contributed by atoms with van der Waals surface area (Å²) in [6.45, 7) is -0.528. The molecule has 2 aromatic rings. The number of rotatable bonds is 7. The number of hydrogen-bond donors (Lipinski definition) is 0. The van der Waals surface area contributed by atoms with Crippen LogP contribution >= 0.6 is 23.4 Å². The molecule has 0 atom stereocenters. The molecule has 3 rings (SSSR count). The van der Waals surface area contributed by atoms with Gasteiger partial charge in [-0.1, -0.05) is 29.8 Å². The van der Waals surface area contributed by atoms with Crippen molar-refractivity contribution in [1.82, 2.24) is 4.90 Å². The second-order valence-electron chi connectivity index (χ2n) is 6.26. The molecule has 1 aliphatic heterocycles. The Bertz CT molecular complexity index is 1070. The van der Waals surface area contributed by atoms with E-state index in [1.807, 2.05) is 0 Å². The fraction of sp³-hybridized carbons (Fsp3) is 0.190. The number of thioether (sulfide) groups is 1. The number of amides is 2. The Hall–Kier alpha value is -3.04. The van der Waals surface area contributed by atoms with Gasteiger partial charge in [0.1, 0.15) is 19.0 Å². The third-order valence-electron chi connectivity index (χ3n) is 4.27. The van der Waals surface area contributed by atoms with Crippen LogP contribution in [0.3, 0.4) is 0 Å². The Balaban J connectivity index is 1.83. The molecule has 1 aliphatic rings. The van der Waals surface area contributed by atoms with Crippen LogP contribution in [0.5, 0.6) is 11.5 Å². The number of imide groups is 1. The topological polar surface area (TPSA) is 82.1 Å². The fourth-order valence-corrected chi connectivity index (χ4v) is 3.82. The van der Waals surface area contributed by atoms with Gasteiger partial charge in [0.15, 0.2) is 11.5 Å². The minimum absolute atomic E-state index is 0.0610. The van der Waals surface area contributed by atoms with Crippen molar-refractivity contribution in [3.8, 4) is 11.5 Å². The summed E-state index contributed by atoms with van der Waals surface area (Å²) < 4.78 is 29.3. The monoisotopic (exact) mass is 465 g/mol. The molecule has 0 N–H and O–H groups in total. The van der Waals surface area contributed by atoms with E-state index in [1.165, 1.54) is 32.4 Å². The number of halogens is 2. The summed E-state index contributed by atoms with van der Waals surface area (Å²) in [7, 11) is 2.58. The lowest BCUT2D eigenvalue weighted by Crippen LogP contribution is -2.34. The van der Waals surface area contributed by atoms with Crippen LogP contribution in [0.2, 0.25) is 5.02 Å². The first kappa shape index (κ1) is 22.6. The molecule has 0 radical (unpaired) electrons. The van der Waals surface area contributed by atoms with E-state index in [4.69, 9.17) is 21.1 Å². The molecule has 0 bridgehead atoms. The fourth-order valence-electron chi connectivity index (χ4n) is 2.71. The van der Waals surface area contributed by atoms with E-state index in [2.05, 4.69) is 4.74 Å². The largest absolute Gasteiger partial charge is 0.493 e. The Morgan fingerprint density at radius 1 is 1.23 bits per heavy atom. The molecule has 0 aliphatic carbocycles. The molecule has 7 nitrogen and oxygen atoms in total. The summed E-state index contributed by atoms with van der Waals surface area (Å²) in [5.74, 6) is -1.25. The molecule has 10 heteroatoms. The number of methoxy groups -OCH3 is 2. The molecule has 1 saturated heterocycles. The van der Waals surface area contributed by atoms with Crippen molar-refractivity contribution in [2.45, 2.75) is 6.61 Å². The van der Waals surface area contributed by atoms with Gasteiger partial charge >= 0.3 is 5.97 Å². The van der Waals surface area contributed by atoms with Gasteiger partial charge in [-0.05, 0) is 41.6 Å². The number of esters is 1. The molecule has 1 heterocycles. The van der Waals surface area contributed by atoms with E-state index in [-0.39, 0.29) is 28.0 Å². The van der Waals surface area contributed by atoms with Crippen molar-refractivity contribution in [3.05, 3.63) is 63.3 Å². The number of carbonyl (C=O) groups excluding carboxylic acids is 3. The van der Waals surface area contributed by atoms with Crippen molar-refractivity contribution < 1.29 is 33.0 Å². The van der Waals surface area contributed by atoms with Gasteiger partial charge in [-0.3, -0.25) is 19.3 Å². The zero-order valence-electron chi connectivity index (χ0n) is 16.5. The van der Waals surface area contributed by atoms with Crippen LogP contribution in [-0.2, 0) is 20.9 Å². The van der Waals surface area contributed by atoms with Crippen LogP contribution in [0.15, 0.2) is 41.3 Å². The third kappa shape index (κ3) is 5.18. The van der Waals surface area contributed by atoms with E-state index in [0.717, 1.165) is 4.90 Å². The Morgan fingerprint density at radius 3 is 2.65 bits per heavy atom. The third-order valence-corrected chi connectivity index (χ3v) is 5.46. The highest BCUT2D eigenvalue weighted by molar-refractivity contribution is 8.18. The molecular formula is C21H17ClFNO6S. The lowest BCUT2D eigenvalue weighted by atomic mass is 10.1. The zero-order valence-corrected chi connectivity index (χ0v) is 18.1. The van der Waals surface area contributed by atoms with Gasteiger partial charge in [0.2, 0.25) is 0 Å². The van der Waals surface area contributed by atoms with Crippen molar-refractivity contribution in [2.75, 3.05) is 20.8 Å². The van der Waals surface area contributed by atoms with Gasteiger partial charge < -0.3 is 14.2 Å². The first-order chi connectivity index (χ1) is 14.8. The van der Waals surface area contributed by atoms with Crippen molar-refractivity contribution in [1.29, 1.82) is 0 Å². The first-order valence-corrected chi connectivity index (χ1v) is 10.1. The molecule has 0 saturated carbocycles. The summed E-state index contributed by atoms with van der Waals surface area (Å²) >= 11 is 7.02. The summed E-state index contributed by atoms with van der Waals surface area (Å²) in [5, 5.41) is -0.403. The van der Waals surface area contributed by atoms with E-state index in [9.17, 15) is 18.8 Å². The normalized spacial score (nSPS) is 14.8. The predicted molar refractivity (Wildman–Crippen MR) is 113 cm³/mol. The smallest absolute Gasteiger partial charge is 0.325 e. The molecular weight excluding hydrogens is 449 g/mol. The molecule has 162 valence electrons. The maximum absolute atomic E-state index is 13.8. The number of hydrogen-bond acceptors (Lipinski definition) is 7. The SMILES string of the molecule is COC(=O)CN1C(=O)S/C(=C/c2cc(Cl)c(OCc3ccccc3F)c(OC)c2)C1=O. The molecule has 2 amide bonds. The maximum atomic E-state index is 13.8. The summed E-state index contributed by atoms with van der Waals surface area (Å²) in [6, 6.07) is 9.28.